The van der Waals surface area contributed by atoms with Gasteiger partial charge in [0.1, 0.15) is 0 Å². The summed E-state index contributed by atoms with van der Waals surface area (Å²) in [5, 5.41) is 15.6. The number of aliphatic hydroxyl groups excluding tert-OH is 1. The molecule has 0 spiro atoms. The Kier molecular flexibility index (Phi) is 7.33. The first-order valence-electron chi connectivity index (χ1n) is 8.45. The maximum atomic E-state index is 12.1. The van der Waals surface area contributed by atoms with Gasteiger partial charge in [-0.3, -0.25) is 9.59 Å². The first kappa shape index (κ1) is 18.9. The molecule has 128 valence electrons. The van der Waals surface area contributed by atoms with E-state index in [2.05, 4.69) is 10.6 Å². The van der Waals surface area contributed by atoms with Crippen molar-refractivity contribution in [3.05, 3.63) is 0 Å². The summed E-state index contributed by atoms with van der Waals surface area (Å²) in [7, 11) is 0. The van der Waals surface area contributed by atoms with Gasteiger partial charge in [-0.05, 0) is 25.2 Å². The van der Waals surface area contributed by atoms with E-state index in [4.69, 9.17) is 0 Å². The Morgan fingerprint density at radius 2 is 1.77 bits per heavy atom. The highest BCUT2D eigenvalue weighted by molar-refractivity contribution is 5.81. The van der Waals surface area contributed by atoms with Crippen LogP contribution in [0.25, 0.3) is 0 Å². The number of rotatable bonds is 6. The maximum absolute atomic E-state index is 12.1. The van der Waals surface area contributed by atoms with Crippen LogP contribution in [-0.2, 0) is 9.59 Å². The predicted molar refractivity (Wildman–Crippen MR) is 87.3 cm³/mol. The minimum absolute atomic E-state index is 0.0785. The number of aliphatic hydroxyl groups is 1. The largest absolute Gasteiger partial charge is 0.391 e. The van der Waals surface area contributed by atoms with Crippen LogP contribution < -0.4 is 10.6 Å². The zero-order chi connectivity index (χ0) is 16.8. The van der Waals surface area contributed by atoms with Crippen molar-refractivity contribution in [3.63, 3.8) is 0 Å². The predicted octanol–water partition coefficient (Wildman–Crippen LogP) is 1.98. The molecule has 0 heterocycles. The highest BCUT2D eigenvalue weighted by atomic mass is 16.3. The molecule has 0 aromatic carbocycles. The third-order valence-electron chi connectivity index (χ3n) is 4.35. The summed E-state index contributed by atoms with van der Waals surface area (Å²) >= 11 is 0. The van der Waals surface area contributed by atoms with Crippen LogP contribution in [-0.4, -0.2) is 35.6 Å². The van der Waals surface area contributed by atoms with Crippen LogP contribution in [0.3, 0.4) is 0 Å². The summed E-state index contributed by atoms with van der Waals surface area (Å²) in [5.74, 6) is 0.0523. The maximum Gasteiger partial charge on any atom is 0.223 e. The lowest BCUT2D eigenvalue weighted by Crippen LogP contribution is -2.43. The molecule has 1 fully saturated rings. The molecular weight excluding hydrogens is 280 g/mol. The van der Waals surface area contributed by atoms with Gasteiger partial charge in [-0.1, -0.05) is 40.0 Å². The van der Waals surface area contributed by atoms with E-state index in [1.165, 1.54) is 6.42 Å². The van der Waals surface area contributed by atoms with Gasteiger partial charge in [0, 0.05) is 24.9 Å². The van der Waals surface area contributed by atoms with Crippen molar-refractivity contribution in [2.45, 2.75) is 78.4 Å². The molecule has 0 bridgehead atoms. The van der Waals surface area contributed by atoms with Gasteiger partial charge < -0.3 is 15.7 Å². The second kappa shape index (κ2) is 8.51. The normalized spacial score (nSPS) is 19.3. The van der Waals surface area contributed by atoms with E-state index in [1.807, 2.05) is 27.7 Å². The molecule has 0 aromatic heterocycles. The van der Waals surface area contributed by atoms with Gasteiger partial charge in [0.05, 0.1) is 6.10 Å². The van der Waals surface area contributed by atoms with Crippen LogP contribution in [0.5, 0.6) is 0 Å². The lowest BCUT2D eigenvalue weighted by atomic mass is 9.88. The van der Waals surface area contributed by atoms with Crippen LogP contribution in [0.1, 0.15) is 66.2 Å². The second-order valence-corrected chi connectivity index (χ2v) is 7.63. The topological polar surface area (TPSA) is 78.4 Å². The summed E-state index contributed by atoms with van der Waals surface area (Å²) < 4.78 is 0. The molecule has 22 heavy (non-hydrogen) atoms. The van der Waals surface area contributed by atoms with Gasteiger partial charge in [-0.25, -0.2) is 0 Å². The minimum atomic E-state index is -0.580. The molecule has 2 unspecified atom stereocenters. The molecule has 2 atom stereocenters. The average Bonchev–Trinajstić information content (AvgIpc) is 2.44. The van der Waals surface area contributed by atoms with Gasteiger partial charge in [-0.2, -0.15) is 0 Å². The van der Waals surface area contributed by atoms with E-state index < -0.39 is 6.10 Å². The van der Waals surface area contributed by atoms with Crippen LogP contribution in [0.15, 0.2) is 0 Å². The zero-order valence-corrected chi connectivity index (χ0v) is 14.4. The van der Waals surface area contributed by atoms with Gasteiger partial charge in [0.15, 0.2) is 0 Å². The molecule has 3 N–H and O–H groups in total. The zero-order valence-electron chi connectivity index (χ0n) is 14.4. The van der Waals surface area contributed by atoms with Gasteiger partial charge in [0.25, 0.3) is 0 Å². The standard InChI is InChI=1S/C17H32N2O3/c1-12(19-16(22)13-8-6-5-7-9-13)10-15(21)18-11-14(20)17(2,3)4/h12-14,20H,5-11H2,1-4H3,(H,18,21)(H,19,22). The Balaban J connectivity index is 2.27. The minimum Gasteiger partial charge on any atom is -0.391 e. The summed E-state index contributed by atoms with van der Waals surface area (Å²) in [4.78, 5) is 24.0. The fourth-order valence-corrected chi connectivity index (χ4v) is 2.64. The molecule has 1 saturated carbocycles. The molecule has 0 radical (unpaired) electrons. The molecule has 0 saturated heterocycles. The van der Waals surface area contributed by atoms with Gasteiger partial charge in [0.2, 0.25) is 11.8 Å². The number of amides is 2. The third kappa shape index (κ3) is 6.77. The molecule has 5 nitrogen and oxygen atoms in total. The Labute approximate surface area is 134 Å². The molecule has 1 aliphatic carbocycles. The number of carbonyl (C=O) groups is 2. The Hall–Kier alpha value is -1.10. The number of hydrogen-bond acceptors (Lipinski definition) is 3. The Morgan fingerprint density at radius 1 is 1.18 bits per heavy atom. The van der Waals surface area contributed by atoms with Crippen molar-refractivity contribution >= 4 is 11.8 Å². The van der Waals surface area contributed by atoms with Crippen molar-refractivity contribution in [3.8, 4) is 0 Å². The van der Waals surface area contributed by atoms with E-state index in [0.717, 1.165) is 25.7 Å². The van der Waals surface area contributed by atoms with Crippen molar-refractivity contribution in [1.82, 2.24) is 10.6 Å². The highest BCUT2D eigenvalue weighted by Crippen LogP contribution is 2.23. The van der Waals surface area contributed by atoms with Crippen LogP contribution in [0, 0.1) is 11.3 Å². The molecule has 0 aromatic rings. The Morgan fingerprint density at radius 3 is 2.32 bits per heavy atom. The van der Waals surface area contributed by atoms with Crippen molar-refractivity contribution in [1.29, 1.82) is 0 Å². The van der Waals surface area contributed by atoms with Gasteiger partial charge >= 0.3 is 0 Å². The third-order valence-corrected chi connectivity index (χ3v) is 4.35. The summed E-state index contributed by atoms with van der Waals surface area (Å²) in [6.45, 7) is 7.87. The molecule has 1 aliphatic rings. The smallest absolute Gasteiger partial charge is 0.223 e. The van der Waals surface area contributed by atoms with Crippen LogP contribution in [0.4, 0.5) is 0 Å². The molecule has 5 heteroatoms. The van der Waals surface area contributed by atoms with Gasteiger partial charge in [-0.15, -0.1) is 0 Å². The monoisotopic (exact) mass is 312 g/mol. The molecule has 0 aliphatic heterocycles. The SMILES string of the molecule is CC(CC(=O)NCC(O)C(C)(C)C)NC(=O)C1CCCCC1. The second-order valence-electron chi connectivity index (χ2n) is 7.63. The molecular formula is C17H32N2O3. The summed E-state index contributed by atoms with van der Waals surface area (Å²) in [6.07, 6.45) is 5.05. The number of hydrogen-bond donors (Lipinski definition) is 3. The summed E-state index contributed by atoms with van der Waals surface area (Å²) in [5.41, 5.74) is -0.256. The van der Waals surface area contributed by atoms with E-state index >= 15 is 0 Å². The van der Waals surface area contributed by atoms with E-state index in [0.29, 0.717) is 0 Å². The fourth-order valence-electron chi connectivity index (χ4n) is 2.64. The Bertz CT molecular complexity index is 371. The first-order chi connectivity index (χ1) is 10.2. The lowest BCUT2D eigenvalue weighted by molar-refractivity contribution is -0.127. The van der Waals surface area contributed by atoms with E-state index in [9.17, 15) is 14.7 Å². The average molecular weight is 312 g/mol. The summed E-state index contributed by atoms with van der Waals surface area (Å²) in [6, 6.07) is -0.179. The lowest BCUT2D eigenvalue weighted by Gasteiger charge is -2.26. The first-order valence-corrected chi connectivity index (χ1v) is 8.45. The number of nitrogens with one attached hydrogen (secondary N) is 2. The van der Waals surface area contributed by atoms with Crippen LogP contribution >= 0.6 is 0 Å². The molecule has 1 rings (SSSR count). The molecule has 2 amide bonds. The highest BCUT2D eigenvalue weighted by Gasteiger charge is 2.24. The van der Waals surface area contributed by atoms with Crippen molar-refractivity contribution in [2.75, 3.05) is 6.54 Å². The van der Waals surface area contributed by atoms with Crippen LogP contribution in [0.2, 0.25) is 0 Å². The fraction of sp³-hybridized carbons (Fsp3) is 0.882. The van der Waals surface area contributed by atoms with E-state index in [-0.39, 0.29) is 42.2 Å². The van der Waals surface area contributed by atoms with Crippen molar-refractivity contribution < 1.29 is 14.7 Å². The van der Waals surface area contributed by atoms with E-state index in [1.54, 1.807) is 0 Å². The number of carbonyl (C=O) groups excluding carboxylic acids is 2. The quantitative estimate of drug-likeness (QED) is 0.702. The van der Waals surface area contributed by atoms with Crippen molar-refractivity contribution in [2.24, 2.45) is 11.3 Å².